The summed E-state index contributed by atoms with van der Waals surface area (Å²) in [6.45, 7) is 0.180. The molecule has 4 rings (SSSR count). The van der Waals surface area contributed by atoms with Crippen molar-refractivity contribution in [3.63, 3.8) is 0 Å². The van der Waals surface area contributed by atoms with E-state index in [0.717, 1.165) is 28.1 Å². The molecule has 1 aliphatic heterocycles. The summed E-state index contributed by atoms with van der Waals surface area (Å²) in [7, 11) is -2.64. The molecule has 1 fully saturated rings. The Hall–Kier alpha value is -3.35. The average molecular weight is 507 g/mol. The molecule has 0 aliphatic carbocycles. The molecule has 0 spiro atoms. The Morgan fingerprint density at radius 1 is 1.00 bits per heavy atom. The van der Waals surface area contributed by atoms with Crippen molar-refractivity contribution < 1.29 is 31.5 Å². The average Bonchev–Trinajstić information content (AvgIpc) is 2.88. The number of hydrogen-bond acceptors (Lipinski definition) is 6. The monoisotopic (exact) mass is 506 g/mol. The molecule has 184 valence electrons. The summed E-state index contributed by atoms with van der Waals surface area (Å²) in [4.78, 5) is 14.0. The quantitative estimate of drug-likeness (QED) is 0.491. The second-order valence-corrected chi connectivity index (χ2v) is 9.70. The molecule has 35 heavy (non-hydrogen) atoms. The van der Waals surface area contributed by atoms with Gasteiger partial charge in [0.25, 0.3) is 5.91 Å². The van der Waals surface area contributed by atoms with Crippen molar-refractivity contribution in [2.24, 2.45) is 0 Å². The largest absolute Gasteiger partial charge is 0.593 e. The molecule has 0 N–H and O–H groups in total. The predicted octanol–water partition coefficient (Wildman–Crippen LogP) is 3.53. The highest BCUT2D eigenvalue weighted by Crippen LogP contribution is 2.32. The molecule has 1 atom stereocenters. The summed E-state index contributed by atoms with van der Waals surface area (Å²) in [5, 5.41) is 7.98. The highest BCUT2D eigenvalue weighted by atomic mass is 32.3. The number of carbonyl (C=O) groups is 1. The van der Waals surface area contributed by atoms with Gasteiger partial charge in [0.15, 0.2) is 15.3 Å². The Kier molecular flexibility index (Phi) is 6.88. The molecule has 1 unspecified atom stereocenters. The third-order valence-electron chi connectivity index (χ3n) is 5.60. The van der Waals surface area contributed by atoms with Gasteiger partial charge in [0, 0.05) is 36.3 Å². The number of rotatable bonds is 5. The van der Waals surface area contributed by atoms with Crippen LogP contribution in [0, 0.1) is 0 Å². The molecule has 0 bridgehead atoms. The number of sulfonamides is 1. The fourth-order valence-corrected chi connectivity index (χ4v) is 5.13. The molecule has 2 heterocycles. The summed E-state index contributed by atoms with van der Waals surface area (Å²) in [6.07, 6.45) is -4.65. The summed E-state index contributed by atoms with van der Waals surface area (Å²) in [5.74, 6) is 0.114. The van der Waals surface area contributed by atoms with Crippen LogP contribution in [0.25, 0.3) is 11.3 Å². The Morgan fingerprint density at radius 2 is 1.69 bits per heavy atom. The van der Waals surface area contributed by atoms with Gasteiger partial charge in [-0.2, -0.15) is 13.2 Å². The van der Waals surface area contributed by atoms with E-state index in [1.807, 2.05) is 0 Å². The number of benzene rings is 2. The number of amides is 1. The van der Waals surface area contributed by atoms with E-state index < -0.39 is 27.0 Å². The molecule has 1 aromatic heterocycles. The van der Waals surface area contributed by atoms with E-state index in [2.05, 4.69) is 10.2 Å². The topological polar surface area (TPSA) is 98.7 Å². The van der Waals surface area contributed by atoms with Crippen LogP contribution in [0.1, 0.15) is 15.9 Å². The van der Waals surface area contributed by atoms with Gasteiger partial charge in [-0.1, -0.05) is 22.4 Å². The van der Waals surface area contributed by atoms with Gasteiger partial charge in [-0.15, -0.1) is 14.5 Å². The van der Waals surface area contributed by atoms with Gasteiger partial charge in [-0.05, 0) is 30.3 Å². The number of nitrogens with zero attached hydrogens (tertiary/aromatic N) is 4. The van der Waals surface area contributed by atoms with Gasteiger partial charge in [0.05, 0.1) is 31.5 Å². The SMILES string of the molecule is COc1ccc(-c2ccc(C(=O)N3CCN([S+](=O)([O-])c4cccc(C(F)(F)F)c4)CC3)cc2)nn1. The van der Waals surface area contributed by atoms with Crippen LogP contribution in [0.3, 0.4) is 0 Å². The van der Waals surface area contributed by atoms with Crippen molar-refractivity contribution in [1.82, 2.24) is 19.4 Å². The molecular formula is C23H21F3N4O4S. The highest BCUT2D eigenvalue weighted by molar-refractivity contribution is 7.95. The number of ether oxygens (including phenoxy) is 1. The summed E-state index contributed by atoms with van der Waals surface area (Å²) < 4.78 is 70.8. The molecular weight excluding hydrogens is 485 g/mol. The van der Waals surface area contributed by atoms with Gasteiger partial charge in [0.1, 0.15) is 0 Å². The molecule has 3 aromatic rings. The van der Waals surface area contributed by atoms with E-state index in [4.69, 9.17) is 4.74 Å². The third-order valence-corrected chi connectivity index (χ3v) is 7.50. The minimum absolute atomic E-state index is 0.0240. The van der Waals surface area contributed by atoms with Gasteiger partial charge in [-0.25, -0.2) is 0 Å². The maximum Gasteiger partial charge on any atom is 0.416 e. The lowest BCUT2D eigenvalue weighted by molar-refractivity contribution is -0.137. The van der Waals surface area contributed by atoms with Crippen LogP contribution in [0.15, 0.2) is 65.6 Å². The molecule has 12 heteroatoms. The van der Waals surface area contributed by atoms with Crippen molar-refractivity contribution in [3.05, 3.63) is 71.8 Å². The normalized spacial score (nSPS) is 16.5. The molecule has 0 saturated carbocycles. The smallest absolute Gasteiger partial charge is 0.416 e. The molecule has 1 amide bonds. The maximum absolute atomic E-state index is 13.0. The van der Waals surface area contributed by atoms with Crippen molar-refractivity contribution in [1.29, 1.82) is 0 Å². The second kappa shape index (κ2) is 9.72. The molecule has 2 aromatic carbocycles. The summed E-state index contributed by atoms with van der Waals surface area (Å²) in [5.41, 5.74) is 0.757. The number of aromatic nitrogens is 2. The standard InChI is InChI=1S/C23H21F3N4O4S/c1-34-21-10-9-20(27-28-21)16-5-7-17(8-6-16)22(31)29-11-13-30(14-12-29)35(32,33)19-4-2-3-18(15-19)23(24,25)26/h2-10,15H,11-14H2,1H3. The van der Waals surface area contributed by atoms with Crippen LogP contribution in [-0.4, -0.2) is 63.2 Å². The first-order chi connectivity index (χ1) is 16.6. The Bertz CT molecular complexity index is 1240. The molecule has 8 nitrogen and oxygen atoms in total. The van der Waals surface area contributed by atoms with E-state index in [9.17, 15) is 26.7 Å². The summed E-state index contributed by atoms with van der Waals surface area (Å²) in [6, 6.07) is 13.8. The first-order valence-electron chi connectivity index (χ1n) is 10.5. The zero-order valence-corrected chi connectivity index (χ0v) is 19.4. The van der Waals surface area contributed by atoms with Gasteiger partial charge < -0.3 is 14.2 Å². The number of piperazine rings is 1. The lowest BCUT2D eigenvalue weighted by Gasteiger charge is -2.35. The first-order valence-corrected chi connectivity index (χ1v) is 12.0. The Balaban J connectivity index is 1.41. The van der Waals surface area contributed by atoms with Crippen molar-refractivity contribution in [2.45, 2.75) is 11.1 Å². The van der Waals surface area contributed by atoms with Crippen LogP contribution in [0.5, 0.6) is 5.88 Å². The van der Waals surface area contributed by atoms with Gasteiger partial charge in [-0.3, -0.25) is 4.79 Å². The first kappa shape index (κ1) is 24.8. The highest BCUT2D eigenvalue weighted by Gasteiger charge is 2.37. The Morgan fingerprint density at radius 3 is 2.26 bits per heavy atom. The number of alkyl halides is 3. The van der Waals surface area contributed by atoms with E-state index in [1.54, 1.807) is 36.4 Å². The lowest BCUT2D eigenvalue weighted by Crippen LogP contribution is -2.52. The lowest BCUT2D eigenvalue weighted by atomic mass is 10.1. The zero-order chi connectivity index (χ0) is 25.2. The van der Waals surface area contributed by atoms with Crippen LogP contribution >= 0.6 is 0 Å². The minimum Gasteiger partial charge on any atom is -0.593 e. The molecule has 0 radical (unpaired) electrons. The predicted molar refractivity (Wildman–Crippen MR) is 120 cm³/mol. The van der Waals surface area contributed by atoms with E-state index >= 15 is 0 Å². The van der Waals surface area contributed by atoms with E-state index in [1.165, 1.54) is 12.0 Å². The van der Waals surface area contributed by atoms with Crippen LogP contribution in [-0.2, 0) is 20.8 Å². The zero-order valence-electron chi connectivity index (χ0n) is 18.6. The number of methoxy groups -OCH3 is 1. The van der Waals surface area contributed by atoms with Crippen molar-refractivity contribution in [2.75, 3.05) is 33.3 Å². The number of hydrogen-bond donors (Lipinski definition) is 0. The summed E-state index contributed by atoms with van der Waals surface area (Å²) >= 11 is 0. The van der Waals surface area contributed by atoms with Crippen molar-refractivity contribution >= 4 is 16.3 Å². The number of carbonyl (C=O) groups excluding carboxylic acids is 1. The molecule has 1 saturated heterocycles. The van der Waals surface area contributed by atoms with Crippen LogP contribution in [0.2, 0.25) is 0 Å². The maximum atomic E-state index is 13.0. The van der Waals surface area contributed by atoms with Crippen molar-refractivity contribution in [3.8, 4) is 17.1 Å². The number of halogens is 3. The van der Waals surface area contributed by atoms with Crippen LogP contribution < -0.4 is 4.74 Å². The fourth-order valence-electron chi connectivity index (χ4n) is 3.66. The minimum atomic E-state index is -4.65. The Labute approximate surface area is 200 Å². The second-order valence-electron chi connectivity index (χ2n) is 7.76. The van der Waals surface area contributed by atoms with Crippen LogP contribution in [0.4, 0.5) is 13.2 Å². The molecule has 1 aliphatic rings. The van der Waals surface area contributed by atoms with E-state index in [-0.39, 0.29) is 32.1 Å². The van der Waals surface area contributed by atoms with Gasteiger partial charge in [0.2, 0.25) is 5.88 Å². The fraction of sp³-hybridized carbons (Fsp3) is 0.261. The van der Waals surface area contributed by atoms with Gasteiger partial charge >= 0.3 is 6.18 Å². The van der Waals surface area contributed by atoms with E-state index in [0.29, 0.717) is 23.2 Å². The third kappa shape index (κ3) is 5.34.